The SMILES string of the molecule is Cc1ccc(S(=O)(=O)N2CCN(C(=O)CCc3nnc(-c4ccsc4)o3)CC2)cc1. The molecule has 3 heterocycles. The van der Waals surface area contributed by atoms with Gasteiger partial charge in [0.15, 0.2) is 0 Å². The summed E-state index contributed by atoms with van der Waals surface area (Å²) in [6.45, 7) is 3.22. The van der Waals surface area contributed by atoms with Crippen LogP contribution in [0.3, 0.4) is 0 Å². The number of piperazine rings is 1. The van der Waals surface area contributed by atoms with Gasteiger partial charge in [-0.15, -0.1) is 10.2 Å². The van der Waals surface area contributed by atoms with Crippen molar-refractivity contribution in [2.75, 3.05) is 26.2 Å². The van der Waals surface area contributed by atoms with E-state index in [1.165, 1.54) is 4.31 Å². The first-order valence-corrected chi connectivity index (χ1v) is 12.0. The van der Waals surface area contributed by atoms with Crippen LogP contribution in [0.4, 0.5) is 0 Å². The highest BCUT2D eigenvalue weighted by molar-refractivity contribution is 7.89. The van der Waals surface area contributed by atoms with E-state index in [9.17, 15) is 13.2 Å². The fourth-order valence-corrected chi connectivity index (χ4v) is 5.32. The molecule has 0 aliphatic carbocycles. The molecule has 0 bridgehead atoms. The fourth-order valence-electron chi connectivity index (χ4n) is 3.27. The highest BCUT2D eigenvalue weighted by Gasteiger charge is 2.30. The summed E-state index contributed by atoms with van der Waals surface area (Å²) in [5.74, 6) is 0.830. The largest absolute Gasteiger partial charge is 0.421 e. The first-order chi connectivity index (χ1) is 14.4. The molecule has 0 N–H and O–H groups in total. The van der Waals surface area contributed by atoms with Gasteiger partial charge in [0.25, 0.3) is 0 Å². The molecule has 158 valence electrons. The third-order valence-corrected chi connectivity index (χ3v) is 7.63. The van der Waals surface area contributed by atoms with Crippen LogP contribution in [0, 0.1) is 6.92 Å². The fraction of sp³-hybridized carbons (Fsp3) is 0.350. The Balaban J connectivity index is 1.29. The van der Waals surface area contributed by atoms with Gasteiger partial charge in [-0.05, 0) is 30.5 Å². The summed E-state index contributed by atoms with van der Waals surface area (Å²) in [4.78, 5) is 14.5. The summed E-state index contributed by atoms with van der Waals surface area (Å²) >= 11 is 1.55. The van der Waals surface area contributed by atoms with Gasteiger partial charge in [-0.2, -0.15) is 15.6 Å². The van der Waals surface area contributed by atoms with Crippen molar-refractivity contribution in [2.24, 2.45) is 0 Å². The lowest BCUT2D eigenvalue weighted by molar-refractivity contribution is -0.132. The number of nitrogens with zero attached hydrogens (tertiary/aromatic N) is 4. The predicted octanol–water partition coefficient (Wildman–Crippen LogP) is 2.57. The maximum Gasteiger partial charge on any atom is 0.248 e. The number of benzene rings is 1. The van der Waals surface area contributed by atoms with Crippen molar-refractivity contribution in [3.05, 3.63) is 52.5 Å². The maximum atomic E-state index is 12.8. The molecule has 0 unspecified atom stereocenters. The van der Waals surface area contributed by atoms with E-state index in [0.29, 0.717) is 31.3 Å². The second-order valence-corrected chi connectivity index (χ2v) is 9.83. The number of hydrogen-bond acceptors (Lipinski definition) is 7. The average molecular weight is 447 g/mol. The minimum absolute atomic E-state index is 0.0438. The molecule has 1 aliphatic heterocycles. The summed E-state index contributed by atoms with van der Waals surface area (Å²) in [5, 5.41) is 11.9. The Hall–Kier alpha value is -2.56. The molecule has 2 aromatic heterocycles. The number of aryl methyl sites for hydroxylation is 2. The van der Waals surface area contributed by atoms with E-state index in [1.807, 2.05) is 23.8 Å². The number of carbonyl (C=O) groups excluding carboxylic acids is 1. The molecule has 1 saturated heterocycles. The Morgan fingerprint density at radius 3 is 2.50 bits per heavy atom. The first-order valence-electron chi connectivity index (χ1n) is 9.63. The predicted molar refractivity (Wildman–Crippen MR) is 112 cm³/mol. The zero-order valence-corrected chi connectivity index (χ0v) is 18.2. The number of hydrogen-bond donors (Lipinski definition) is 0. The second-order valence-electron chi connectivity index (χ2n) is 7.11. The number of sulfonamides is 1. The van der Waals surface area contributed by atoms with Gasteiger partial charge in [-0.1, -0.05) is 17.7 Å². The van der Waals surface area contributed by atoms with Gasteiger partial charge < -0.3 is 9.32 Å². The lowest BCUT2D eigenvalue weighted by Gasteiger charge is -2.34. The molecule has 1 aromatic carbocycles. The molecule has 0 saturated carbocycles. The van der Waals surface area contributed by atoms with Crippen LogP contribution in [-0.4, -0.2) is 59.9 Å². The topological polar surface area (TPSA) is 96.6 Å². The quantitative estimate of drug-likeness (QED) is 0.577. The van der Waals surface area contributed by atoms with Crippen molar-refractivity contribution in [2.45, 2.75) is 24.7 Å². The second kappa shape index (κ2) is 8.66. The molecule has 0 spiro atoms. The molecule has 1 amide bonds. The van der Waals surface area contributed by atoms with Crippen molar-refractivity contribution in [3.8, 4) is 11.5 Å². The van der Waals surface area contributed by atoms with Gasteiger partial charge in [-0.3, -0.25) is 4.79 Å². The van der Waals surface area contributed by atoms with Crippen LogP contribution in [0.2, 0.25) is 0 Å². The van der Waals surface area contributed by atoms with Crippen molar-refractivity contribution in [1.29, 1.82) is 0 Å². The van der Waals surface area contributed by atoms with Crippen molar-refractivity contribution < 1.29 is 17.6 Å². The van der Waals surface area contributed by atoms with E-state index < -0.39 is 10.0 Å². The van der Waals surface area contributed by atoms with E-state index in [0.717, 1.165) is 11.1 Å². The summed E-state index contributed by atoms with van der Waals surface area (Å²) in [6.07, 6.45) is 0.605. The molecule has 30 heavy (non-hydrogen) atoms. The highest BCUT2D eigenvalue weighted by Crippen LogP contribution is 2.21. The Labute approximate surface area is 179 Å². The van der Waals surface area contributed by atoms with Gasteiger partial charge in [0.05, 0.1) is 4.90 Å². The number of carbonyl (C=O) groups is 1. The highest BCUT2D eigenvalue weighted by atomic mass is 32.2. The third-order valence-electron chi connectivity index (χ3n) is 5.04. The van der Waals surface area contributed by atoms with Gasteiger partial charge in [0.2, 0.25) is 27.7 Å². The molecule has 4 rings (SSSR count). The van der Waals surface area contributed by atoms with Crippen LogP contribution in [0.5, 0.6) is 0 Å². The molecular weight excluding hydrogens is 424 g/mol. The van der Waals surface area contributed by atoms with Crippen LogP contribution in [-0.2, 0) is 21.2 Å². The number of amides is 1. The van der Waals surface area contributed by atoms with Crippen LogP contribution >= 0.6 is 11.3 Å². The molecule has 8 nitrogen and oxygen atoms in total. The van der Waals surface area contributed by atoms with Crippen molar-refractivity contribution in [3.63, 3.8) is 0 Å². The van der Waals surface area contributed by atoms with Crippen molar-refractivity contribution in [1.82, 2.24) is 19.4 Å². The van der Waals surface area contributed by atoms with Gasteiger partial charge in [0.1, 0.15) is 0 Å². The molecular formula is C20H22N4O4S2. The smallest absolute Gasteiger partial charge is 0.248 e. The Morgan fingerprint density at radius 1 is 1.10 bits per heavy atom. The third kappa shape index (κ3) is 4.45. The maximum absolute atomic E-state index is 12.8. The Morgan fingerprint density at radius 2 is 1.83 bits per heavy atom. The lowest BCUT2D eigenvalue weighted by Crippen LogP contribution is -2.50. The van der Waals surface area contributed by atoms with Crippen LogP contribution in [0.25, 0.3) is 11.5 Å². The van der Waals surface area contributed by atoms with Gasteiger partial charge in [0, 0.05) is 50.0 Å². The molecule has 1 aliphatic rings. The zero-order valence-electron chi connectivity index (χ0n) is 16.5. The van der Waals surface area contributed by atoms with Crippen LogP contribution in [0.1, 0.15) is 17.9 Å². The van der Waals surface area contributed by atoms with Crippen LogP contribution < -0.4 is 0 Å². The van der Waals surface area contributed by atoms with E-state index in [2.05, 4.69) is 10.2 Å². The van der Waals surface area contributed by atoms with Crippen molar-refractivity contribution >= 4 is 27.3 Å². The normalized spacial score (nSPS) is 15.4. The number of rotatable bonds is 6. The van der Waals surface area contributed by atoms with Crippen LogP contribution in [0.15, 0.2) is 50.4 Å². The summed E-state index contributed by atoms with van der Waals surface area (Å²) in [6, 6.07) is 8.72. The summed E-state index contributed by atoms with van der Waals surface area (Å²) < 4.78 is 32.6. The zero-order chi connectivity index (χ0) is 21.1. The van der Waals surface area contributed by atoms with Gasteiger partial charge in [-0.25, -0.2) is 8.42 Å². The number of aromatic nitrogens is 2. The van der Waals surface area contributed by atoms with E-state index >= 15 is 0 Å². The summed E-state index contributed by atoms with van der Waals surface area (Å²) in [5.41, 5.74) is 1.88. The van der Waals surface area contributed by atoms with E-state index in [-0.39, 0.29) is 30.3 Å². The molecule has 10 heteroatoms. The standard InChI is InChI=1S/C20H22N4O4S2/c1-15-2-4-17(5-3-15)30(26,27)24-11-9-23(10-12-24)19(25)7-6-18-21-22-20(28-18)16-8-13-29-14-16/h2-5,8,13-14H,6-7,9-12H2,1H3. The monoisotopic (exact) mass is 446 g/mol. The average Bonchev–Trinajstić information content (AvgIpc) is 3.44. The molecule has 0 atom stereocenters. The molecule has 1 fully saturated rings. The number of thiophene rings is 1. The molecule has 0 radical (unpaired) electrons. The Kier molecular flexibility index (Phi) is 5.98. The minimum Gasteiger partial charge on any atom is -0.421 e. The van der Waals surface area contributed by atoms with E-state index in [1.54, 1.807) is 40.5 Å². The Bertz CT molecular complexity index is 1100. The first kappa shape index (κ1) is 20.7. The lowest BCUT2D eigenvalue weighted by atomic mass is 10.2. The summed E-state index contributed by atoms with van der Waals surface area (Å²) in [7, 11) is -3.54. The van der Waals surface area contributed by atoms with E-state index in [4.69, 9.17) is 4.42 Å². The van der Waals surface area contributed by atoms with Gasteiger partial charge >= 0.3 is 0 Å². The minimum atomic E-state index is -3.54. The molecule has 3 aromatic rings.